The number of likely N-dealkylation sites (N-methyl/N-ethyl adjacent to an activating group) is 1. The molecule has 0 radical (unpaired) electrons. The van der Waals surface area contributed by atoms with Crippen molar-refractivity contribution in [2.24, 2.45) is 0 Å². The Morgan fingerprint density at radius 2 is 0.584 bits per heavy atom. The largest absolute Gasteiger partial charge is 0.480 e. The van der Waals surface area contributed by atoms with Gasteiger partial charge in [0.05, 0.1) is 0 Å². The smallest absolute Gasteiger partial charge is 0.407 e. The predicted molar refractivity (Wildman–Crippen MR) is 340 cm³/mol. The Labute approximate surface area is 517 Å². The Morgan fingerprint density at radius 3 is 0.843 bits per heavy atom. The maximum Gasteiger partial charge on any atom is 0.407 e. The van der Waals surface area contributed by atoms with Crippen LogP contribution in [0.1, 0.15) is 107 Å². The van der Waals surface area contributed by atoms with E-state index < -0.39 is 42.4 Å². The molecular weight excluding hydrogens is 1120 g/mol. The molecule has 0 aliphatic heterocycles. The molecule has 12 rings (SSSR count). The third kappa shape index (κ3) is 13.8. The average Bonchev–Trinajstić information content (AvgIpc) is 2.29. The number of hydrogen-bond donors (Lipinski definition) is 6. The third-order valence-electron chi connectivity index (χ3n) is 17.2. The summed E-state index contributed by atoms with van der Waals surface area (Å²) in [6.07, 6.45) is 0.426. The Hall–Kier alpha value is -10.2. The molecule has 0 saturated heterocycles. The molecule has 2 unspecified atom stereocenters. The van der Waals surface area contributed by atoms with Crippen LogP contribution in [0, 0.1) is 0 Å². The van der Waals surface area contributed by atoms with Crippen LogP contribution >= 0.6 is 0 Å². The lowest BCUT2D eigenvalue weighted by Crippen LogP contribution is -2.46. The van der Waals surface area contributed by atoms with Gasteiger partial charge in [-0.05, 0) is 128 Å². The number of rotatable bonds is 22. The summed E-state index contributed by atoms with van der Waals surface area (Å²) >= 11 is 0. The molecule has 8 aromatic carbocycles. The maximum absolute atomic E-state index is 12.8. The van der Waals surface area contributed by atoms with Crippen molar-refractivity contribution in [1.29, 1.82) is 0 Å². The van der Waals surface area contributed by atoms with E-state index in [4.69, 9.17) is 18.9 Å². The molecule has 6 N–H and O–H groups in total. The molecule has 4 aliphatic rings. The van der Waals surface area contributed by atoms with E-state index in [1.807, 2.05) is 109 Å². The number of carbonyl (C=O) groups excluding carboxylic acids is 5. The van der Waals surface area contributed by atoms with Crippen LogP contribution in [0.3, 0.4) is 0 Å². The van der Waals surface area contributed by atoms with Gasteiger partial charge in [-0.2, -0.15) is 0 Å². The van der Waals surface area contributed by atoms with Crippen LogP contribution in [-0.2, 0) is 28.5 Å². The van der Waals surface area contributed by atoms with Crippen molar-refractivity contribution in [2.45, 2.75) is 74.3 Å². The number of carboxylic acids is 1. The molecule has 0 spiro atoms. The molecule has 0 aromatic heterocycles. The first kappa shape index (κ1) is 60.5. The summed E-state index contributed by atoms with van der Waals surface area (Å²) < 4.78 is 22.3. The van der Waals surface area contributed by atoms with E-state index in [0.717, 1.165) is 77.9 Å². The van der Waals surface area contributed by atoms with Crippen molar-refractivity contribution >= 4 is 36.2 Å². The fraction of sp³-hybridized carbons (Fsp3) is 0.260. The third-order valence-corrected chi connectivity index (χ3v) is 17.2. The summed E-state index contributed by atoms with van der Waals surface area (Å²) in [6.45, 7) is 1.48. The van der Waals surface area contributed by atoms with Gasteiger partial charge < -0.3 is 50.6 Å². The standard InChI is InChI=1S/C37H37N3O5.C36H34N2O6/c1-38-35(41)34(40-37(43)45-23-33-30-18-8-4-14-26(30)27-15-5-9-19-31(27)33)20-10-11-21-39-36(42)44-22-32-28-16-6-2-12-24(28)25-13-3-7-17-29(25)32;39-34(40)33(38-36(42)44-22-32-29-17-7-3-13-25(29)26-14-4-8-18-30(26)32)19-9-10-20-37-35(41)43-21-31-27-15-5-1-11-23(27)24-12-2-6-16-28(24)31/h2-9,12-19,32-34H,10-11,20-23H2,1H3,(H,38,41)(H,39,42)(H,40,43);1-8,11-18,31-33H,9-10,19-22H2,(H,37,41)(H,38,42)(H,39,40). The van der Waals surface area contributed by atoms with Crippen LogP contribution in [0.2, 0.25) is 0 Å². The highest BCUT2D eigenvalue weighted by Crippen LogP contribution is 2.48. The van der Waals surface area contributed by atoms with Crippen LogP contribution in [0.25, 0.3) is 44.5 Å². The molecule has 0 heterocycles. The first-order valence-corrected chi connectivity index (χ1v) is 30.4. The van der Waals surface area contributed by atoms with Crippen molar-refractivity contribution in [2.75, 3.05) is 46.6 Å². The lowest BCUT2D eigenvalue weighted by molar-refractivity contribution is -0.139. The van der Waals surface area contributed by atoms with Crippen molar-refractivity contribution in [3.05, 3.63) is 239 Å². The molecule has 16 nitrogen and oxygen atoms in total. The number of hydrogen-bond acceptors (Lipinski definition) is 10. The minimum Gasteiger partial charge on any atom is -0.480 e. The Kier molecular flexibility index (Phi) is 19.4. The van der Waals surface area contributed by atoms with Crippen molar-refractivity contribution in [3.8, 4) is 44.5 Å². The first-order chi connectivity index (χ1) is 43.6. The maximum atomic E-state index is 12.8. The second-order valence-electron chi connectivity index (χ2n) is 22.5. The second kappa shape index (κ2) is 28.5. The number of nitrogens with one attached hydrogen (secondary N) is 5. The van der Waals surface area contributed by atoms with Gasteiger partial charge in [0.1, 0.15) is 38.5 Å². The van der Waals surface area contributed by atoms with E-state index >= 15 is 0 Å². The molecule has 16 heteroatoms. The monoisotopic (exact) mass is 1190 g/mol. The Morgan fingerprint density at radius 1 is 0.348 bits per heavy atom. The molecule has 4 aliphatic carbocycles. The zero-order valence-electron chi connectivity index (χ0n) is 49.5. The van der Waals surface area contributed by atoms with Gasteiger partial charge in [-0.3, -0.25) is 4.79 Å². The van der Waals surface area contributed by atoms with Crippen LogP contribution in [0.4, 0.5) is 19.2 Å². The molecule has 2 atom stereocenters. The highest BCUT2D eigenvalue weighted by atomic mass is 16.6. The second-order valence-corrected chi connectivity index (χ2v) is 22.5. The number of alkyl carbamates (subject to hydrolysis) is 4. The van der Waals surface area contributed by atoms with Crippen molar-refractivity contribution in [1.82, 2.24) is 26.6 Å². The van der Waals surface area contributed by atoms with Crippen molar-refractivity contribution < 1.29 is 52.8 Å². The Balaban J connectivity index is 0.000000184. The molecule has 0 saturated carbocycles. The van der Waals surface area contributed by atoms with Gasteiger partial charge in [0, 0.05) is 43.8 Å². The van der Waals surface area contributed by atoms with E-state index in [1.54, 1.807) is 0 Å². The predicted octanol–water partition coefficient (Wildman–Crippen LogP) is 13.0. The minimum atomic E-state index is -1.14. The zero-order valence-corrected chi connectivity index (χ0v) is 49.5. The average molecular weight is 1190 g/mol. The topological polar surface area (TPSA) is 220 Å². The minimum absolute atomic E-state index is 0.000418. The van der Waals surface area contributed by atoms with E-state index in [0.29, 0.717) is 45.2 Å². The molecule has 0 fully saturated rings. The normalized spacial score (nSPS) is 13.6. The van der Waals surface area contributed by atoms with E-state index in [1.165, 1.54) is 18.2 Å². The van der Waals surface area contributed by atoms with Gasteiger partial charge in [0.25, 0.3) is 0 Å². The highest BCUT2D eigenvalue weighted by molar-refractivity contribution is 5.86. The molecular formula is C73H71N5O11. The number of carbonyl (C=O) groups is 6. The van der Waals surface area contributed by atoms with E-state index in [-0.39, 0.29) is 62.4 Å². The Bertz CT molecular complexity index is 3700. The number of ether oxygens (including phenoxy) is 4. The summed E-state index contributed by atoms with van der Waals surface area (Å²) in [6, 6.07) is 63.2. The van der Waals surface area contributed by atoms with Crippen LogP contribution in [-0.4, -0.2) is 100 Å². The number of fused-ring (bicyclic) bond motifs is 12. The lowest BCUT2D eigenvalue weighted by Gasteiger charge is -2.19. The molecule has 0 bridgehead atoms. The zero-order chi connectivity index (χ0) is 61.6. The molecule has 89 heavy (non-hydrogen) atoms. The van der Waals surface area contributed by atoms with E-state index in [9.17, 15) is 33.9 Å². The number of amides is 5. The summed E-state index contributed by atoms with van der Waals surface area (Å²) in [7, 11) is 1.54. The molecule has 8 aromatic rings. The van der Waals surface area contributed by atoms with Gasteiger partial charge in [0.2, 0.25) is 5.91 Å². The van der Waals surface area contributed by atoms with Gasteiger partial charge >= 0.3 is 30.3 Å². The summed E-state index contributed by atoms with van der Waals surface area (Å²) in [5.74, 6) is -1.63. The summed E-state index contributed by atoms with van der Waals surface area (Å²) in [4.78, 5) is 74.6. The number of unbranched alkanes of at least 4 members (excludes halogenated alkanes) is 2. The van der Waals surface area contributed by atoms with Crippen LogP contribution in [0.5, 0.6) is 0 Å². The summed E-state index contributed by atoms with van der Waals surface area (Å²) in [5, 5.41) is 23.0. The van der Waals surface area contributed by atoms with Gasteiger partial charge in [-0.25, -0.2) is 24.0 Å². The van der Waals surface area contributed by atoms with Crippen LogP contribution < -0.4 is 26.6 Å². The molecule has 454 valence electrons. The SMILES string of the molecule is CNC(=O)C(CCCCNC(=O)OCC1c2ccccc2-c2ccccc21)NC(=O)OCC1c2ccccc2-c2ccccc21.O=C(NCCCCC(NC(=O)OCC1c2ccccc2-c2ccccc21)C(=O)O)OCC1c2ccccc2-c2ccccc21. The lowest BCUT2D eigenvalue weighted by atomic mass is 9.98. The van der Waals surface area contributed by atoms with Crippen molar-refractivity contribution in [3.63, 3.8) is 0 Å². The van der Waals surface area contributed by atoms with Gasteiger partial charge in [-0.15, -0.1) is 0 Å². The van der Waals surface area contributed by atoms with E-state index in [2.05, 4.69) is 112 Å². The first-order valence-electron chi connectivity index (χ1n) is 30.4. The number of aliphatic carboxylic acids is 1. The number of benzene rings is 8. The highest BCUT2D eigenvalue weighted by Gasteiger charge is 2.34. The van der Waals surface area contributed by atoms with Crippen LogP contribution in [0.15, 0.2) is 194 Å². The fourth-order valence-electron chi connectivity index (χ4n) is 12.9. The summed E-state index contributed by atoms with van der Waals surface area (Å²) in [5.41, 5.74) is 18.2. The fourth-order valence-corrected chi connectivity index (χ4v) is 12.9. The molecule has 5 amide bonds. The van der Waals surface area contributed by atoms with Gasteiger partial charge in [-0.1, -0.05) is 194 Å². The quantitative estimate of drug-likeness (QED) is 0.0277. The number of carboxylic acid groups (broad SMARTS) is 1. The van der Waals surface area contributed by atoms with Gasteiger partial charge in [0.15, 0.2) is 0 Å².